The van der Waals surface area contributed by atoms with E-state index in [1.807, 2.05) is 0 Å². The fourth-order valence-electron chi connectivity index (χ4n) is 3.57. The molecule has 0 bridgehead atoms. The molecule has 216 valence electrons. The van der Waals surface area contributed by atoms with Crippen molar-refractivity contribution in [3.8, 4) is 34.5 Å². The fraction of sp³-hybridized carbons (Fsp3) is 0.111. The molecule has 3 heterocycles. The average molecular weight is 592 g/mol. The van der Waals surface area contributed by atoms with Crippen molar-refractivity contribution in [2.45, 2.75) is 6.92 Å². The first-order chi connectivity index (χ1) is 20.1. The summed E-state index contributed by atoms with van der Waals surface area (Å²) in [4.78, 5) is 40.3. The minimum Gasteiger partial charge on any atom is -0.755 e. The van der Waals surface area contributed by atoms with Gasteiger partial charge in [-0.05, 0) is 54.5 Å². The number of ether oxygens (including phenoxy) is 4. The number of primary amides is 1. The van der Waals surface area contributed by atoms with Gasteiger partial charge in [0.15, 0.2) is 23.1 Å². The predicted octanol–water partition coefficient (Wildman–Crippen LogP) is 3.94. The van der Waals surface area contributed by atoms with E-state index in [1.165, 1.54) is 44.8 Å². The minimum atomic E-state index is -2.99. The normalized spacial score (nSPS) is 11.2. The summed E-state index contributed by atoms with van der Waals surface area (Å²) in [6.07, 6.45) is 1.38. The third-order valence-electron chi connectivity index (χ3n) is 5.50. The van der Waals surface area contributed by atoms with Crippen LogP contribution in [0.25, 0.3) is 17.0 Å². The summed E-state index contributed by atoms with van der Waals surface area (Å²) in [5.41, 5.74) is 6.24. The Labute approximate surface area is 242 Å². The first kappa shape index (κ1) is 29.6. The molecule has 0 saturated carbocycles. The number of hydrogen-bond acceptors (Lipinski definition) is 12. The molecular formula is C27H23N6O8S-. The van der Waals surface area contributed by atoms with Crippen LogP contribution in [0, 0.1) is 0 Å². The van der Waals surface area contributed by atoms with Crippen LogP contribution in [0.4, 0.5) is 16.4 Å². The van der Waals surface area contributed by atoms with Gasteiger partial charge in [0.25, 0.3) is 5.88 Å². The maximum atomic E-state index is 12.7. The molecule has 2 N–H and O–H groups in total. The first-order valence-electron chi connectivity index (χ1n) is 11.9. The Morgan fingerprint density at radius 3 is 2.36 bits per heavy atom. The van der Waals surface area contributed by atoms with Crippen molar-refractivity contribution >= 4 is 40.5 Å². The van der Waals surface area contributed by atoms with Crippen molar-refractivity contribution in [3.63, 3.8) is 0 Å². The zero-order valence-electron chi connectivity index (χ0n) is 22.5. The molecule has 0 aliphatic carbocycles. The minimum absolute atomic E-state index is 0.0367. The SMILES string of the molecule is C=C(C)c1ccc(N(c2nc(-c3ccnc(C(=O)OC(N)=O)c3)nc(OC)c2Oc2ccccc2OC)S(=O)[O-])nc1. The van der Waals surface area contributed by atoms with Gasteiger partial charge in [0.2, 0.25) is 5.75 Å². The molecule has 3 aromatic heterocycles. The summed E-state index contributed by atoms with van der Waals surface area (Å²) < 4.78 is 47.6. The van der Waals surface area contributed by atoms with Gasteiger partial charge in [0.1, 0.15) is 11.5 Å². The highest BCUT2D eigenvalue weighted by Crippen LogP contribution is 2.44. The molecule has 1 unspecified atom stereocenters. The lowest BCUT2D eigenvalue weighted by Crippen LogP contribution is -2.23. The molecular weight excluding hydrogens is 568 g/mol. The molecule has 1 aromatic carbocycles. The average Bonchev–Trinajstić information content (AvgIpc) is 2.98. The lowest BCUT2D eigenvalue weighted by atomic mass is 10.1. The molecule has 4 rings (SSSR count). The van der Waals surface area contributed by atoms with Gasteiger partial charge in [0, 0.05) is 18.0 Å². The van der Waals surface area contributed by atoms with Gasteiger partial charge in [-0.3, -0.25) is 4.21 Å². The molecule has 0 fully saturated rings. The third kappa shape index (κ3) is 6.48. The topological polar surface area (TPSA) is 192 Å². The monoisotopic (exact) mass is 591 g/mol. The van der Waals surface area contributed by atoms with Gasteiger partial charge in [-0.2, -0.15) is 4.98 Å². The number of nitrogens with zero attached hydrogens (tertiary/aromatic N) is 5. The maximum Gasteiger partial charge on any atom is 0.412 e. The number of pyridine rings is 2. The summed E-state index contributed by atoms with van der Waals surface area (Å²) in [7, 11) is 2.74. The standard InChI is InChI=1S/C27H24N6O8S/c1-15(2)17-9-10-21(30-14-17)33(42(36)37)24-22(40-20-8-6-5-7-19(20)38-3)25(39-4)32-23(31-24)16-11-12-29-18(13-16)26(34)41-27(28)35/h5-14H,1H2,2-4H3,(H2,28,35)(H,36,37)/p-1. The summed E-state index contributed by atoms with van der Waals surface area (Å²) in [6.45, 7) is 5.65. The van der Waals surface area contributed by atoms with E-state index in [1.54, 1.807) is 37.3 Å². The number of esters is 1. The molecule has 15 heteroatoms. The van der Waals surface area contributed by atoms with Crippen LogP contribution >= 0.6 is 0 Å². The van der Waals surface area contributed by atoms with Crippen LogP contribution in [0.15, 0.2) is 67.5 Å². The van der Waals surface area contributed by atoms with Gasteiger partial charge >= 0.3 is 12.1 Å². The molecule has 4 aromatic rings. The molecule has 0 radical (unpaired) electrons. The largest absolute Gasteiger partial charge is 0.755 e. The molecule has 0 aliphatic rings. The highest BCUT2D eigenvalue weighted by Gasteiger charge is 2.27. The van der Waals surface area contributed by atoms with Crippen molar-refractivity contribution < 1.29 is 37.3 Å². The number of carbonyl (C=O) groups excluding carboxylic acids is 2. The van der Waals surface area contributed by atoms with E-state index in [4.69, 9.17) is 19.9 Å². The molecule has 1 amide bonds. The van der Waals surface area contributed by atoms with Gasteiger partial charge in [-0.1, -0.05) is 18.7 Å². The lowest BCUT2D eigenvalue weighted by Gasteiger charge is -2.27. The number of hydrogen-bond donors (Lipinski definition) is 1. The zero-order valence-corrected chi connectivity index (χ0v) is 23.3. The number of nitrogens with two attached hydrogens (primary N) is 1. The Balaban J connectivity index is 1.95. The summed E-state index contributed by atoms with van der Waals surface area (Å²) >= 11 is -2.99. The van der Waals surface area contributed by atoms with Gasteiger partial charge < -0.3 is 29.2 Å². The van der Waals surface area contributed by atoms with Crippen LogP contribution in [-0.2, 0) is 16.0 Å². The van der Waals surface area contributed by atoms with E-state index in [-0.39, 0.29) is 46.1 Å². The Bertz CT molecular complexity index is 1680. The van der Waals surface area contributed by atoms with Crippen LogP contribution in [0.2, 0.25) is 0 Å². The highest BCUT2D eigenvalue weighted by atomic mass is 32.2. The first-order valence-corrected chi connectivity index (χ1v) is 12.9. The lowest BCUT2D eigenvalue weighted by molar-refractivity contribution is 0.0632. The van der Waals surface area contributed by atoms with Crippen LogP contribution in [-0.4, -0.2) is 55.0 Å². The van der Waals surface area contributed by atoms with Crippen molar-refractivity contribution in [1.29, 1.82) is 0 Å². The number of aromatic nitrogens is 4. The summed E-state index contributed by atoms with van der Waals surface area (Å²) in [5.74, 6) is -1.36. The quantitative estimate of drug-likeness (QED) is 0.159. The molecule has 14 nitrogen and oxygen atoms in total. The van der Waals surface area contributed by atoms with Crippen LogP contribution in [0.3, 0.4) is 0 Å². The van der Waals surface area contributed by atoms with Crippen molar-refractivity contribution in [3.05, 3.63) is 78.8 Å². The Hall–Kier alpha value is -5.41. The second-order valence-electron chi connectivity index (χ2n) is 8.30. The van der Waals surface area contributed by atoms with E-state index >= 15 is 0 Å². The Morgan fingerprint density at radius 2 is 1.76 bits per heavy atom. The number of allylic oxidation sites excluding steroid dienone is 1. The number of para-hydroxylation sites is 2. The van der Waals surface area contributed by atoms with Crippen molar-refractivity contribution in [2.75, 3.05) is 18.5 Å². The number of amides is 1. The number of benzene rings is 1. The van der Waals surface area contributed by atoms with Crippen LogP contribution in [0.5, 0.6) is 23.1 Å². The molecule has 1 atom stereocenters. The third-order valence-corrected chi connectivity index (χ3v) is 6.16. The fourth-order valence-corrected chi connectivity index (χ4v) is 4.09. The highest BCUT2D eigenvalue weighted by molar-refractivity contribution is 7.81. The van der Waals surface area contributed by atoms with Crippen LogP contribution < -0.4 is 24.2 Å². The van der Waals surface area contributed by atoms with Crippen molar-refractivity contribution in [1.82, 2.24) is 19.9 Å². The van der Waals surface area contributed by atoms with E-state index in [9.17, 15) is 18.4 Å². The van der Waals surface area contributed by atoms with Gasteiger partial charge in [-0.15, -0.1) is 0 Å². The van der Waals surface area contributed by atoms with E-state index in [0.717, 1.165) is 9.88 Å². The second-order valence-corrected chi connectivity index (χ2v) is 9.10. The predicted molar refractivity (Wildman–Crippen MR) is 150 cm³/mol. The van der Waals surface area contributed by atoms with E-state index in [2.05, 4.69) is 31.3 Å². The number of rotatable bonds is 10. The van der Waals surface area contributed by atoms with Gasteiger partial charge in [-0.25, -0.2) is 28.8 Å². The maximum absolute atomic E-state index is 12.7. The van der Waals surface area contributed by atoms with E-state index in [0.29, 0.717) is 11.3 Å². The van der Waals surface area contributed by atoms with Crippen LogP contribution in [0.1, 0.15) is 23.0 Å². The Kier molecular flexibility index (Phi) is 9.04. The van der Waals surface area contributed by atoms with Crippen molar-refractivity contribution in [2.24, 2.45) is 5.73 Å². The molecule has 42 heavy (non-hydrogen) atoms. The number of carbonyl (C=O) groups is 2. The summed E-state index contributed by atoms with van der Waals surface area (Å²) in [5, 5.41) is 0. The smallest absolute Gasteiger partial charge is 0.412 e. The summed E-state index contributed by atoms with van der Waals surface area (Å²) in [6, 6.07) is 12.4. The number of methoxy groups -OCH3 is 2. The van der Waals surface area contributed by atoms with E-state index < -0.39 is 23.3 Å². The Morgan fingerprint density at radius 1 is 1.02 bits per heavy atom. The second kappa shape index (κ2) is 12.8. The zero-order chi connectivity index (χ0) is 30.4. The molecule has 0 saturated heterocycles. The number of anilines is 2. The van der Waals surface area contributed by atoms with Gasteiger partial charge in [0.05, 0.1) is 25.5 Å². The molecule has 0 aliphatic heterocycles. The molecule has 0 spiro atoms.